The van der Waals surface area contributed by atoms with Crippen molar-refractivity contribution in [2.24, 2.45) is 0 Å². The molecule has 0 fully saturated rings. The number of thiazole rings is 1. The van der Waals surface area contributed by atoms with Gasteiger partial charge in [0.1, 0.15) is 6.04 Å². The van der Waals surface area contributed by atoms with Gasteiger partial charge in [-0.05, 0) is 27.2 Å². The zero-order valence-electron chi connectivity index (χ0n) is 13.0. The quantitative estimate of drug-likeness (QED) is 0.715. The molecule has 6 nitrogen and oxygen atoms in total. The number of carbonyl (C=O) groups excluding carboxylic acids is 2. The minimum Gasteiger partial charge on any atom is -0.352 e. The van der Waals surface area contributed by atoms with E-state index in [-0.39, 0.29) is 18.0 Å². The molecule has 0 aliphatic heterocycles. The molecule has 0 aromatic carbocycles. The molecule has 0 aliphatic rings. The lowest BCUT2D eigenvalue weighted by Crippen LogP contribution is -2.50. The molecule has 3 N–H and O–H groups in total. The third-order valence-corrected chi connectivity index (χ3v) is 3.90. The lowest BCUT2D eigenvalue weighted by atomic mass is 10.2. The first-order valence-electron chi connectivity index (χ1n) is 7.18. The van der Waals surface area contributed by atoms with Gasteiger partial charge in [0.15, 0.2) is 0 Å². The molecule has 1 aromatic heterocycles. The molecule has 7 heteroatoms. The van der Waals surface area contributed by atoms with E-state index in [2.05, 4.69) is 20.9 Å². The number of nitrogens with zero attached hydrogens (tertiary/aromatic N) is 1. The van der Waals surface area contributed by atoms with E-state index in [1.165, 1.54) is 0 Å². The Kier molecular flexibility index (Phi) is 7.14. The highest BCUT2D eigenvalue weighted by Gasteiger charge is 2.16. The minimum atomic E-state index is -0.555. The van der Waals surface area contributed by atoms with Crippen LogP contribution in [0.2, 0.25) is 0 Å². The number of nitrogens with one attached hydrogen (secondary N) is 3. The molecule has 21 heavy (non-hydrogen) atoms. The van der Waals surface area contributed by atoms with E-state index in [9.17, 15) is 9.59 Å². The lowest BCUT2D eigenvalue weighted by molar-refractivity contribution is -0.123. The third-order valence-electron chi connectivity index (χ3n) is 3.08. The van der Waals surface area contributed by atoms with Gasteiger partial charge < -0.3 is 16.0 Å². The van der Waals surface area contributed by atoms with E-state index >= 15 is 0 Å². The van der Waals surface area contributed by atoms with E-state index in [1.54, 1.807) is 18.3 Å². The second-order valence-electron chi connectivity index (χ2n) is 5.05. The first-order valence-corrected chi connectivity index (χ1v) is 8.06. The maximum Gasteiger partial charge on any atom is 0.315 e. The molecule has 1 aromatic rings. The summed E-state index contributed by atoms with van der Waals surface area (Å²) in [4.78, 5) is 27.8. The number of aryl methyl sites for hydroxylation is 1. The average molecular weight is 312 g/mol. The Balaban J connectivity index is 2.24. The fraction of sp³-hybridized carbons (Fsp3) is 0.643. The van der Waals surface area contributed by atoms with Crippen LogP contribution in [0.1, 0.15) is 37.9 Å². The van der Waals surface area contributed by atoms with E-state index in [1.807, 2.05) is 26.2 Å². The van der Waals surface area contributed by atoms with Gasteiger partial charge in [0, 0.05) is 24.4 Å². The number of hydrogen-bond acceptors (Lipinski definition) is 4. The van der Waals surface area contributed by atoms with Crippen LogP contribution >= 0.6 is 11.3 Å². The van der Waals surface area contributed by atoms with Crippen LogP contribution in [0.25, 0.3) is 0 Å². The topological polar surface area (TPSA) is 83.1 Å². The molecule has 1 heterocycles. The standard InChI is InChI=1S/C14H24N4O2S/c1-5-9(2)16-13(19)10(3)17-14(20)15-7-6-12-8-21-11(4)18-12/h8-10H,5-7H2,1-4H3,(H,16,19)(H2,15,17,20)/t9-,10-/m0/s1. The van der Waals surface area contributed by atoms with Crippen molar-refractivity contribution < 1.29 is 9.59 Å². The molecule has 3 amide bonds. The number of hydrogen-bond donors (Lipinski definition) is 3. The highest BCUT2D eigenvalue weighted by atomic mass is 32.1. The van der Waals surface area contributed by atoms with Crippen molar-refractivity contribution >= 4 is 23.3 Å². The summed E-state index contributed by atoms with van der Waals surface area (Å²) in [5.41, 5.74) is 0.973. The molecule has 0 bridgehead atoms. The summed E-state index contributed by atoms with van der Waals surface area (Å²) in [5.74, 6) is -0.172. The van der Waals surface area contributed by atoms with Crippen LogP contribution in [0, 0.1) is 6.92 Å². The summed E-state index contributed by atoms with van der Waals surface area (Å²) < 4.78 is 0. The summed E-state index contributed by atoms with van der Waals surface area (Å²) in [6.07, 6.45) is 1.54. The molecule has 118 valence electrons. The number of urea groups is 1. The summed E-state index contributed by atoms with van der Waals surface area (Å²) in [6, 6.07) is -0.785. The zero-order valence-corrected chi connectivity index (χ0v) is 13.8. The van der Waals surface area contributed by atoms with Crippen molar-refractivity contribution in [3.63, 3.8) is 0 Å². The monoisotopic (exact) mass is 312 g/mol. The summed E-state index contributed by atoms with van der Waals surface area (Å²) in [5, 5.41) is 11.2. The second kappa shape index (κ2) is 8.61. The third kappa shape index (κ3) is 6.57. The summed E-state index contributed by atoms with van der Waals surface area (Å²) in [7, 11) is 0. The van der Waals surface area contributed by atoms with Gasteiger partial charge in [-0.1, -0.05) is 6.92 Å². The van der Waals surface area contributed by atoms with Crippen LogP contribution in [0.15, 0.2) is 5.38 Å². The van der Waals surface area contributed by atoms with Crippen molar-refractivity contribution in [1.82, 2.24) is 20.9 Å². The van der Waals surface area contributed by atoms with E-state index < -0.39 is 6.04 Å². The van der Waals surface area contributed by atoms with Crippen molar-refractivity contribution in [2.75, 3.05) is 6.54 Å². The minimum absolute atomic E-state index is 0.109. The van der Waals surface area contributed by atoms with Gasteiger partial charge in [-0.2, -0.15) is 0 Å². The van der Waals surface area contributed by atoms with Crippen LogP contribution in [0.4, 0.5) is 4.79 Å². The fourth-order valence-corrected chi connectivity index (χ4v) is 2.26. The maximum atomic E-state index is 11.8. The molecule has 1 rings (SSSR count). The van der Waals surface area contributed by atoms with Gasteiger partial charge in [0.25, 0.3) is 0 Å². The normalized spacial score (nSPS) is 13.3. The summed E-state index contributed by atoms with van der Waals surface area (Å²) in [6.45, 7) is 8.04. The first-order chi connectivity index (χ1) is 9.92. The smallest absolute Gasteiger partial charge is 0.315 e. The van der Waals surface area contributed by atoms with Gasteiger partial charge in [0.2, 0.25) is 5.91 Å². The Bertz CT molecular complexity index is 475. The molecule has 0 spiro atoms. The molecule has 0 saturated heterocycles. The Morgan fingerprint density at radius 1 is 1.33 bits per heavy atom. The molecule has 0 radical (unpaired) electrons. The highest BCUT2D eigenvalue weighted by molar-refractivity contribution is 7.09. The summed E-state index contributed by atoms with van der Waals surface area (Å²) >= 11 is 1.59. The van der Waals surface area contributed by atoms with E-state index in [0.29, 0.717) is 13.0 Å². The highest BCUT2D eigenvalue weighted by Crippen LogP contribution is 2.07. The Morgan fingerprint density at radius 2 is 2.05 bits per heavy atom. The molecular weight excluding hydrogens is 288 g/mol. The largest absolute Gasteiger partial charge is 0.352 e. The predicted octanol–water partition coefficient (Wildman–Crippen LogP) is 1.60. The zero-order chi connectivity index (χ0) is 15.8. The molecule has 2 atom stereocenters. The predicted molar refractivity (Wildman–Crippen MR) is 84.4 cm³/mol. The molecular formula is C14H24N4O2S. The Labute approximate surface area is 129 Å². The Morgan fingerprint density at radius 3 is 2.62 bits per heavy atom. The average Bonchev–Trinajstić information content (AvgIpc) is 2.84. The van der Waals surface area contributed by atoms with Crippen molar-refractivity contribution in [1.29, 1.82) is 0 Å². The van der Waals surface area contributed by atoms with Crippen molar-refractivity contribution in [3.8, 4) is 0 Å². The van der Waals surface area contributed by atoms with Gasteiger partial charge >= 0.3 is 6.03 Å². The van der Waals surface area contributed by atoms with E-state index in [4.69, 9.17) is 0 Å². The van der Waals surface area contributed by atoms with Gasteiger partial charge in [-0.15, -0.1) is 11.3 Å². The maximum absolute atomic E-state index is 11.8. The lowest BCUT2D eigenvalue weighted by Gasteiger charge is -2.17. The number of carbonyl (C=O) groups is 2. The van der Waals surface area contributed by atoms with Gasteiger partial charge in [0.05, 0.1) is 10.7 Å². The van der Waals surface area contributed by atoms with Crippen LogP contribution in [-0.2, 0) is 11.2 Å². The van der Waals surface area contributed by atoms with Crippen molar-refractivity contribution in [2.45, 2.75) is 52.6 Å². The fourth-order valence-electron chi connectivity index (χ4n) is 1.61. The van der Waals surface area contributed by atoms with Crippen LogP contribution < -0.4 is 16.0 Å². The molecule has 0 saturated carbocycles. The Hall–Kier alpha value is -1.63. The number of aromatic nitrogens is 1. The van der Waals surface area contributed by atoms with Crippen molar-refractivity contribution in [3.05, 3.63) is 16.1 Å². The van der Waals surface area contributed by atoms with Gasteiger partial charge in [-0.25, -0.2) is 9.78 Å². The molecule has 0 unspecified atom stereocenters. The molecule has 0 aliphatic carbocycles. The van der Waals surface area contributed by atoms with Crippen LogP contribution in [0.5, 0.6) is 0 Å². The van der Waals surface area contributed by atoms with Crippen LogP contribution in [0.3, 0.4) is 0 Å². The number of rotatable bonds is 7. The first kappa shape index (κ1) is 17.4. The van der Waals surface area contributed by atoms with Crippen LogP contribution in [-0.4, -0.2) is 35.6 Å². The SMILES string of the molecule is CC[C@H](C)NC(=O)[C@H](C)NC(=O)NCCc1csc(C)n1. The van der Waals surface area contributed by atoms with Gasteiger partial charge in [-0.3, -0.25) is 4.79 Å². The number of amides is 3. The van der Waals surface area contributed by atoms with E-state index in [0.717, 1.165) is 17.1 Å². The second-order valence-corrected chi connectivity index (χ2v) is 6.11.